The number of nitro groups is 1. The van der Waals surface area contributed by atoms with E-state index in [1.54, 1.807) is 44.2 Å². The topological polar surface area (TPSA) is 119 Å². The van der Waals surface area contributed by atoms with Gasteiger partial charge in [0.2, 0.25) is 10.0 Å². The smallest absolute Gasteiger partial charge is 0.271 e. The first-order valence-electron chi connectivity index (χ1n) is 8.25. The number of amides is 1. The third kappa shape index (κ3) is 5.19. The van der Waals surface area contributed by atoms with E-state index >= 15 is 0 Å². The van der Waals surface area contributed by atoms with Crippen molar-refractivity contribution < 1.29 is 22.9 Å². The van der Waals surface area contributed by atoms with E-state index in [2.05, 4.69) is 5.32 Å². The minimum atomic E-state index is -3.37. The number of aryl methyl sites for hydroxylation is 1. The molecule has 10 heteroatoms. The van der Waals surface area contributed by atoms with Crippen LogP contribution in [0.15, 0.2) is 42.5 Å². The van der Waals surface area contributed by atoms with Gasteiger partial charge in [0.1, 0.15) is 5.75 Å². The standard InChI is InChI=1S/C18H21N3O6S/c1-12-5-6-15(21(23)24)11-17(12)19-18(22)13(2)27-16-9-7-14(8-10-16)20(3)28(4,25)26/h5-11,13H,1-4H3,(H,19,22)/t13-/m1/s1. The maximum atomic E-state index is 12.4. The van der Waals surface area contributed by atoms with E-state index in [1.807, 2.05) is 0 Å². The number of nitro benzene ring substituents is 1. The van der Waals surface area contributed by atoms with Gasteiger partial charge in [0, 0.05) is 19.2 Å². The fourth-order valence-corrected chi connectivity index (χ4v) is 2.78. The van der Waals surface area contributed by atoms with E-state index in [-0.39, 0.29) is 5.69 Å². The lowest BCUT2D eigenvalue weighted by Crippen LogP contribution is -2.30. The lowest BCUT2D eigenvalue weighted by atomic mass is 10.1. The van der Waals surface area contributed by atoms with E-state index in [0.717, 1.165) is 10.6 Å². The highest BCUT2D eigenvalue weighted by Gasteiger charge is 2.18. The molecule has 0 spiro atoms. The first-order chi connectivity index (χ1) is 13.0. The van der Waals surface area contributed by atoms with Gasteiger partial charge in [-0.2, -0.15) is 0 Å². The molecule has 1 atom stereocenters. The molecule has 2 rings (SSSR count). The average Bonchev–Trinajstić information content (AvgIpc) is 2.62. The molecule has 0 unspecified atom stereocenters. The maximum Gasteiger partial charge on any atom is 0.271 e. The van der Waals surface area contributed by atoms with Crippen LogP contribution in [0.4, 0.5) is 17.1 Å². The molecule has 0 saturated carbocycles. The van der Waals surface area contributed by atoms with Crippen LogP contribution in [0.25, 0.3) is 0 Å². The van der Waals surface area contributed by atoms with Gasteiger partial charge in [-0.3, -0.25) is 19.2 Å². The summed E-state index contributed by atoms with van der Waals surface area (Å²) in [4.78, 5) is 22.7. The van der Waals surface area contributed by atoms with Crippen molar-refractivity contribution in [2.45, 2.75) is 20.0 Å². The number of carbonyl (C=O) groups excluding carboxylic acids is 1. The second-order valence-electron chi connectivity index (χ2n) is 6.23. The molecule has 0 radical (unpaired) electrons. The molecule has 2 aromatic rings. The summed E-state index contributed by atoms with van der Waals surface area (Å²) in [5, 5.41) is 13.5. The molecule has 0 bridgehead atoms. The van der Waals surface area contributed by atoms with E-state index in [0.29, 0.717) is 22.7 Å². The predicted molar refractivity (Wildman–Crippen MR) is 106 cm³/mol. The van der Waals surface area contributed by atoms with Gasteiger partial charge in [0.15, 0.2) is 6.10 Å². The number of nitrogens with zero attached hydrogens (tertiary/aromatic N) is 2. The molecule has 0 fully saturated rings. The maximum absolute atomic E-state index is 12.4. The Morgan fingerprint density at radius 1 is 1.21 bits per heavy atom. The van der Waals surface area contributed by atoms with Crippen molar-refractivity contribution in [2.75, 3.05) is 22.9 Å². The molecule has 0 aliphatic rings. The monoisotopic (exact) mass is 407 g/mol. The minimum Gasteiger partial charge on any atom is -0.481 e. The molecule has 1 N–H and O–H groups in total. The lowest BCUT2D eigenvalue weighted by molar-refractivity contribution is -0.384. The molecule has 0 aliphatic heterocycles. The molecule has 2 aromatic carbocycles. The number of rotatable bonds is 7. The van der Waals surface area contributed by atoms with Crippen LogP contribution in [0, 0.1) is 17.0 Å². The number of ether oxygens (including phenoxy) is 1. The first kappa shape index (κ1) is 21.2. The second kappa shape index (κ2) is 8.26. The Labute approximate surface area is 163 Å². The predicted octanol–water partition coefficient (Wildman–Crippen LogP) is 2.71. The Hall–Kier alpha value is -3.14. The number of sulfonamides is 1. The van der Waals surface area contributed by atoms with Crippen LogP contribution in [0.3, 0.4) is 0 Å². The van der Waals surface area contributed by atoms with Crippen LogP contribution in [0.5, 0.6) is 5.75 Å². The van der Waals surface area contributed by atoms with Gasteiger partial charge in [-0.1, -0.05) is 6.07 Å². The van der Waals surface area contributed by atoms with Gasteiger partial charge in [-0.25, -0.2) is 8.42 Å². The van der Waals surface area contributed by atoms with Crippen molar-refractivity contribution in [3.63, 3.8) is 0 Å². The van der Waals surface area contributed by atoms with Crippen LogP contribution in [-0.2, 0) is 14.8 Å². The fourth-order valence-electron chi connectivity index (χ4n) is 2.28. The van der Waals surface area contributed by atoms with Crippen molar-refractivity contribution in [2.24, 2.45) is 0 Å². The number of hydrogen-bond donors (Lipinski definition) is 1. The van der Waals surface area contributed by atoms with Crippen LogP contribution < -0.4 is 14.4 Å². The zero-order valence-electron chi connectivity index (χ0n) is 15.9. The summed E-state index contributed by atoms with van der Waals surface area (Å²) in [6.07, 6.45) is 0.219. The highest BCUT2D eigenvalue weighted by Crippen LogP contribution is 2.23. The van der Waals surface area contributed by atoms with E-state index < -0.39 is 27.0 Å². The van der Waals surface area contributed by atoms with Crippen molar-refractivity contribution in [3.05, 3.63) is 58.1 Å². The summed E-state index contributed by atoms with van der Waals surface area (Å²) in [6.45, 7) is 3.26. The Bertz CT molecular complexity index is 989. The summed E-state index contributed by atoms with van der Waals surface area (Å²) < 4.78 is 29.8. The zero-order chi connectivity index (χ0) is 21.1. The number of carbonyl (C=O) groups is 1. The SMILES string of the molecule is Cc1ccc([N+](=O)[O-])cc1NC(=O)[C@@H](C)Oc1ccc(N(C)S(C)(=O)=O)cc1. The Morgan fingerprint density at radius 2 is 1.82 bits per heavy atom. The van der Waals surface area contributed by atoms with Gasteiger partial charge in [0.05, 0.1) is 22.6 Å². The number of anilines is 2. The quantitative estimate of drug-likeness (QED) is 0.557. The highest BCUT2D eigenvalue weighted by molar-refractivity contribution is 7.92. The molecule has 150 valence electrons. The van der Waals surface area contributed by atoms with Gasteiger partial charge in [-0.05, 0) is 43.7 Å². The Balaban J connectivity index is 2.07. The second-order valence-corrected chi connectivity index (χ2v) is 8.24. The average molecular weight is 407 g/mol. The van der Waals surface area contributed by atoms with Crippen LogP contribution in [0.1, 0.15) is 12.5 Å². The van der Waals surface area contributed by atoms with Crippen LogP contribution in [0.2, 0.25) is 0 Å². The van der Waals surface area contributed by atoms with E-state index in [4.69, 9.17) is 4.74 Å². The molecular weight excluding hydrogens is 386 g/mol. The third-order valence-corrected chi connectivity index (χ3v) is 5.28. The Morgan fingerprint density at radius 3 is 2.36 bits per heavy atom. The largest absolute Gasteiger partial charge is 0.481 e. The summed E-state index contributed by atoms with van der Waals surface area (Å²) in [7, 11) is -1.94. The van der Waals surface area contributed by atoms with Gasteiger partial charge in [-0.15, -0.1) is 0 Å². The fraction of sp³-hybridized carbons (Fsp3) is 0.278. The molecule has 28 heavy (non-hydrogen) atoms. The van der Waals surface area contributed by atoms with Crippen LogP contribution in [-0.4, -0.2) is 38.7 Å². The summed E-state index contributed by atoms with van der Waals surface area (Å²) in [5.74, 6) is -0.0926. The number of benzene rings is 2. The summed E-state index contributed by atoms with van der Waals surface area (Å²) in [5.41, 5.74) is 1.35. The third-order valence-electron chi connectivity index (χ3n) is 4.07. The highest BCUT2D eigenvalue weighted by atomic mass is 32.2. The first-order valence-corrected chi connectivity index (χ1v) is 10.1. The van der Waals surface area contributed by atoms with Gasteiger partial charge in [0.25, 0.3) is 11.6 Å². The zero-order valence-corrected chi connectivity index (χ0v) is 16.7. The summed E-state index contributed by atoms with van der Waals surface area (Å²) >= 11 is 0. The van der Waals surface area contributed by atoms with Crippen molar-refractivity contribution >= 4 is 33.0 Å². The normalized spacial score (nSPS) is 12.1. The number of hydrogen-bond acceptors (Lipinski definition) is 6. The van der Waals surface area contributed by atoms with E-state index in [9.17, 15) is 23.3 Å². The molecular formula is C18H21N3O6S. The van der Waals surface area contributed by atoms with Crippen LogP contribution >= 0.6 is 0 Å². The molecule has 0 saturated heterocycles. The van der Waals surface area contributed by atoms with E-state index in [1.165, 1.54) is 19.2 Å². The van der Waals surface area contributed by atoms with Crippen molar-refractivity contribution in [1.82, 2.24) is 0 Å². The van der Waals surface area contributed by atoms with Gasteiger partial charge >= 0.3 is 0 Å². The molecule has 0 aromatic heterocycles. The minimum absolute atomic E-state index is 0.125. The molecule has 9 nitrogen and oxygen atoms in total. The molecule has 0 heterocycles. The molecule has 0 aliphatic carbocycles. The van der Waals surface area contributed by atoms with Gasteiger partial charge < -0.3 is 10.1 Å². The van der Waals surface area contributed by atoms with Crippen molar-refractivity contribution in [1.29, 1.82) is 0 Å². The summed E-state index contributed by atoms with van der Waals surface area (Å²) in [6, 6.07) is 10.4. The van der Waals surface area contributed by atoms with Crippen molar-refractivity contribution in [3.8, 4) is 5.75 Å². The molecule has 1 amide bonds. The lowest BCUT2D eigenvalue weighted by Gasteiger charge is -2.18. The number of non-ortho nitro benzene ring substituents is 1. The number of nitrogens with one attached hydrogen (secondary N) is 1. The Kier molecular flexibility index (Phi) is 6.24.